The molecule has 2 aromatic heterocycles. The summed E-state index contributed by atoms with van der Waals surface area (Å²) in [5, 5.41) is 0. The minimum atomic E-state index is 0.452. The van der Waals surface area contributed by atoms with Gasteiger partial charge in [-0.3, -0.25) is 4.57 Å². The molecule has 2 aromatic rings. The molecule has 1 aliphatic rings. The average molecular weight is 263 g/mol. The summed E-state index contributed by atoms with van der Waals surface area (Å²) in [6.07, 6.45) is 3.60. The number of fused-ring (bicyclic) bond motifs is 1. The summed E-state index contributed by atoms with van der Waals surface area (Å²) in [6, 6.07) is 0. The molecule has 1 aliphatic heterocycles. The first-order valence-electron chi connectivity index (χ1n) is 6.38. The third kappa shape index (κ3) is 2.21. The number of aryl methyl sites for hydroxylation is 1. The molecule has 0 aliphatic carbocycles. The van der Waals surface area contributed by atoms with Crippen LogP contribution in [0.15, 0.2) is 6.33 Å². The molecule has 2 N–H and O–H groups in total. The van der Waals surface area contributed by atoms with E-state index in [-0.39, 0.29) is 0 Å². The van der Waals surface area contributed by atoms with Gasteiger partial charge in [0.1, 0.15) is 6.33 Å². The predicted octanol–water partition coefficient (Wildman–Crippen LogP) is 0.844. The lowest BCUT2D eigenvalue weighted by Gasteiger charge is -2.09. The van der Waals surface area contributed by atoms with Gasteiger partial charge in [0.05, 0.1) is 7.11 Å². The zero-order chi connectivity index (χ0) is 13.2. The van der Waals surface area contributed by atoms with Gasteiger partial charge in [0, 0.05) is 19.8 Å². The molecule has 7 heteroatoms. The van der Waals surface area contributed by atoms with E-state index in [9.17, 15) is 0 Å². The van der Waals surface area contributed by atoms with Crippen LogP contribution >= 0.6 is 0 Å². The fraction of sp³-hybridized carbons (Fsp3) is 0.583. The molecule has 0 bridgehead atoms. The van der Waals surface area contributed by atoms with Gasteiger partial charge in [-0.15, -0.1) is 0 Å². The minimum Gasteiger partial charge on any atom is -0.479 e. The van der Waals surface area contributed by atoms with Crippen LogP contribution in [-0.2, 0) is 11.3 Å². The number of imidazole rings is 1. The number of nitrogen functional groups attached to an aromatic ring is 1. The SMILES string of the molecule is COc1ncnc2c1nc(N)n2CCC1CCOC1. The Labute approximate surface area is 110 Å². The molecule has 0 saturated carbocycles. The summed E-state index contributed by atoms with van der Waals surface area (Å²) >= 11 is 0. The molecule has 102 valence electrons. The number of nitrogens with two attached hydrogens (primary N) is 1. The summed E-state index contributed by atoms with van der Waals surface area (Å²) in [7, 11) is 1.56. The van der Waals surface area contributed by atoms with Gasteiger partial charge in [-0.1, -0.05) is 0 Å². The van der Waals surface area contributed by atoms with Gasteiger partial charge in [0.25, 0.3) is 0 Å². The highest BCUT2D eigenvalue weighted by Gasteiger charge is 2.18. The van der Waals surface area contributed by atoms with Gasteiger partial charge in [-0.05, 0) is 18.8 Å². The van der Waals surface area contributed by atoms with Crippen molar-refractivity contribution in [3.8, 4) is 5.88 Å². The van der Waals surface area contributed by atoms with E-state index in [1.807, 2.05) is 4.57 Å². The zero-order valence-corrected chi connectivity index (χ0v) is 10.9. The van der Waals surface area contributed by atoms with E-state index in [0.717, 1.165) is 38.2 Å². The zero-order valence-electron chi connectivity index (χ0n) is 10.9. The van der Waals surface area contributed by atoms with Gasteiger partial charge in [0.15, 0.2) is 11.2 Å². The molecular formula is C12H17N5O2. The molecular weight excluding hydrogens is 246 g/mol. The van der Waals surface area contributed by atoms with Crippen LogP contribution in [0.5, 0.6) is 5.88 Å². The smallest absolute Gasteiger partial charge is 0.245 e. The summed E-state index contributed by atoms with van der Waals surface area (Å²) in [6.45, 7) is 2.49. The van der Waals surface area contributed by atoms with E-state index in [0.29, 0.717) is 23.3 Å². The average Bonchev–Trinajstić information content (AvgIpc) is 3.03. The summed E-state index contributed by atoms with van der Waals surface area (Å²) < 4.78 is 12.5. The van der Waals surface area contributed by atoms with Gasteiger partial charge in [-0.25, -0.2) is 9.97 Å². The number of anilines is 1. The minimum absolute atomic E-state index is 0.452. The number of hydrogen-bond acceptors (Lipinski definition) is 6. The van der Waals surface area contributed by atoms with E-state index in [1.54, 1.807) is 7.11 Å². The first-order valence-corrected chi connectivity index (χ1v) is 6.38. The number of hydrogen-bond donors (Lipinski definition) is 1. The van der Waals surface area contributed by atoms with Crippen LogP contribution in [0.3, 0.4) is 0 Å². The molecule has 1 atom stereocenters. The lowest BCUT2D eigenvalue weighted by Crippen LogP contribution is -2.09. The lowest BCUT2D eigenvalue weighted by molar-refractivity contribution is 0.183. The Balaban J connectivity index is 1.87. The molecule has 3 heterocycles. The second-order valence-electron chi connectivity index (χ2n) is 4.70. The highest BCUT2D eigenvalue weighted by molar-refractivity contribution is 5.78. The van der Waals surface area contributed by atoms with Crippen molar-refractivity contribution in [3.63, 3.8) is 0 Å². The monoisotopic (exact) mass is 263 g/mol. The predicted molar refractivity (Wildman–Crippen MR) is 69.8 cm³/mol. The first-order chi connectivity index (χ1) is 9.29. The number of nitrogens with zero attached hydrogens (tertiary/aromatic N) is 4. The molecule has 7 nitrogen and oxygen atoms in total. The van der Waals surface area contributed by atoms with Gasteiger partial charge < -0.3 is 15.2 Å². The molecule has 0 amide bonds. The van der Waals surface area contributed by atoms with Crippen LogP contribution in [0.2, 0.25) is 0 Å². The summed E-state index contributed by atoms with van der Waals surface area (Å²) in [4.78, 5) is 12.6. The van der Waals surface area contributed by atoms with Crippen LogP contribution in [0, 0.1) is 5.92 Å². The van der Waals surface area contributed by atoms with Crippen molar-refractivity contribution in [1.82, 2.24) is 19.5 Å². The molecule has 0 radical (unpaired) electrons. The van der Waals surface area contributed by atoms with E-state index in [1.165, 1.54) is 6.33 Å². The Morgan fingerprint density at radius 3 is 3.16 bits per heavy atom. The molecule has 1 saturated heterocycles. The fourth-order valence-corrected chi connectivity index (χ4v) is 2.43. The number of ether oxygens (including phenoxy) is 2. The quantitative estimate of drug-likeness (QED) is 0.879. The second-order valence-corrected chi connectivity index (χ2v) is 4.70. The van der Waals surface area contributed by atoms with Crippen molar-refractivity contribution >= 4 is 17.1 Å². The fourth-order valence-electron chi connectivity index (χ4n) is 2.43. The normalized spacial score (nSPS) is 19.1. The first kappa shape index (κ1) is 12.2. The maximum absolute atomic E-state index is 5.96. The molecule has 1 unspecified atom stereocenters. The van der Waals surface area contributed by atoms with Crippen LogP contribution in [0.25, 0.3) is 11.2 Å². The van der Waals surface area contributed by atoms with E-state index in [2.05, 4.69) is 15.0 Å². The molecule has 1 fully saturated rings. The van der Waals surface area contributed by atoms with Crippen molar-refractivity contribution in [2.24, 2.45) is 5.92 Å². The Kier molecular flexibility index (Phi) is 3.20. The standard InChI is InChI=1S/C12H17N5O2/c1-18-11-9-10(14-7-15-11)17(12(13)16-9)4-2-8-3-5-19-6-8/h7-8H,2-6H2,1H3,(H2,13,16). The van der Waals surface area contributed by atoms with Gasteiger partial charge >= 0.3 is 0 Å². The third-order valence-corrected chi connectivity index (χ3v) is 3.51. The van der Waals surface area contributed by atoms with Crippen LogP contribution in [0.1, 0.15) is 12.8 Å². The van der Waals surface area contributed by atoms with Gasteiger partial charge in [-0.2, -0.15) is 4.98 Å². The maximum atomic E-state index is 5.96. The molecule has 0 aromatic carbocycles. The largest absolute Gasteiger partial charge is 0.479 e. The second kappa shape index (κ2) is 5.00. The molecule has 0 spiro atoms. The lowest BCUT2D eigenvalue weighted by atomic mass is 10.1. The topological polar surface area (TPSA) is 88.1 Å². The van der Waals surface area contributed by atoms with Gasteiger partial charge in [0.2, 0.25) is 11.8 Å². The van der Waals surface area contributed by atoms with Crippen molar-refractivity contribution < 1.29 is 9.47 Å². The van der Waals surface area contributed by atoms with E-state index >= 15 is 0 Å². The Bertz CT molecular complexity index is 577. The Morgan fingerprint density at radius 1 is 1.53 bits per heavy atom. The van der Waals surface area contributed by atoms with Crippen molar-refractivity contribution in [2.45, 2.75) is 19.4 Å². The van der Waals surface area contributed by atoms with E-state index < -0.39 is 0 Å². The summed E-state index contributed by atoms with van der Waals surface area (Å²) in [5.74, 6) is 1.51. The highest BCUT2D eigenvalue weighted by Crippen LogP contribution is 2.24. The number of rotatable bonds is 4. The van der Waals surface area contributed by atoms with Crippen LogP contribution in [0.4, 0.5) is 5.95 Å². The molecule has 19 heavy (non-hydrogen) atoms. The van der Waals surface area contributed by atoms with Crippen LogP contribution < -0.4 is 10.5 Å². The van der Waals surface area contributed by atoms with Crippen LogP contribution in [-0.4, -0.2) is 39.8 Å². The summed E-state index contributed by atoms with van der Waals surface area (Å²) in [5.41, 5.74) is 7.30. The van der Waals surface area contributed by atoms with E-state index in [4.69, 9.17) is 15.2 Å². The van der Waals surface area contributed by atoms with Crippen molar-refractivity contribution in [3.05, 3.63) is 6.33 Å². The van der Waals surface area contributed by atoms with Crippen molar-refractivity contribution in [1.29, 1.82) is 0 Å². The third-order valence-electron chi connectivity index (χ3n) is 3.51. The molecule has 3 rings (SSSR count). The highest BCUT2D eigenvalue weighted by atomic mass is 16.5. The number of aromatic nitrogens is 4. The Morgan fingerprint density at radius 2 is 2.42 bits per heavy atom. The Hall–Kier alpha value is -1.89. The van der Waals surface area contributed by atoms with Crippen molar-refractivity contribution in [2.75, 3.05) is 26.1 Å². The number of methoxy groups -OCH3 is 1. The maximum Gasteiger partial charge on any atom is 0.245 e.